The highest BCUT2D eigenvalue weighted by Gasteiger charge is 2.52. The van der Waals surface area contributed by atoms with Gasteiger partial charge in [0.15, 0.2) is 0 Å². The maximum absolute atomic E-state index is 14.6. The van der Waals surface area contributed by atoms with Gasteiger partial charge in [0.1, 0.15) is 6.17 Å². The molecule has 0 spiro atoms. The fourth-order valence-corrected chi connectivity index (χ4v) is 8.58. The van der Waals surface area contributed by atoms with Crippen molar-refractivity contribution in [3.8, 4) is 0 Å². The van der Waals surface area contributed by atoms with Crippen LogP contribution in [0, 0.1) is 0 Å². The summed E-state index contributed by atoms with van der Waals surface area (Å²) in [6.45, 7) is 7.88. The molecule has 2 aromatic carbocycles. The Hall–Kier alpha value is -1.49. The summed E-state index contributed by atoms with van der Waals surface area (Å²) in [7, 11) is -2.65. The summed E-state index contributed by atoms with van der Waals surface area (Å²) in [6, 6.07) is 20.9. The highest BCUT2D eigenvalue weighted by atomic mass is 28.4. The van der Waals surface area contributed by atoms with Gasteiger partial charge in [-0.1, -0.05) is 81.4 Å². The van der Waals surface area contributed by atoms with Crippen molar-refractivity contribution in [1.29, 1.82) is 0 Å². The van der Waals surface area contributed by atoms with Gasteiger partial charge in [0.25, 0.3) is 8.32 Å². The number of hydrogen-bond donors (Lipinski definition) is 1. The summed E-state index contributed by atoms with van der Waals surface area (Å²) in [6.07, 6.45) is -0.603. The molecule has 0 amide bonds. The average molecular weight is 358 g/mol. The molecule has 2 nitrogen and oxygen atoms in total. The molecule has 0 bridgehead atoms. The Morgan fingerprint density at radius 3 is 1.92 bits per heavy atom. The normalized spacial score (nSPS) is 21.9. The zero-order chi connectivity index (χ0) is 17.9. The van der Waals surface area contributed by atoms with E-state index in [1.165, 1.54) is 10.4 Å². The topological polar surface area (TPSA) is 21.3 Å². The SMILES string of the molecule is CC(C)(C)[Si](O[C@H]1CCNC[C@H]1F)(c1ccccc1)c1ccccc1. The monoisotopic (exact) mass is 357 g/mol. The maximum Gasteiger partial charge on any atom is 0.261 e. The molecule has 3 rings (SSSR count). The molecule has 4 heteroatoms. The van der Waals surface area contributed by atoms with Crippen molar-refractivity contribution < 1.29 is 8.82 Å². The van der Waals surface area contributed by atoms with Crippen LogP contribution in [0.5, 0.6) is 0 Å². The van der Waals surface area contributed by atoms with Crippen molar-refractivity contribution >= 4 is 18.7 Å². The standard InChI is InChI=1S/C21H28FNOSi/c1-21(2,3)25(17-10-6-4-7-11-17,18-12-8-5-9-13-18)24-20-14-15-23-16-19(20)22/h4-13,19-20,23H,14-16H2,1-3H3/t19-,20+/m1/s1. The van der Waals surface area contributed by atoms with Crippen LogP contribution in [-0.4, -0.2) is 33.7 Å². The second-order valence-electron chi connectivity index (χ2n) is 7.83. The molecule has 1 aliphatic heterocycles. The molecule has 0 saturated carbocycles. The van der Waals surface area contributed by atoms with E-state index in [2.05, 4.69) is 74.6 Å². The summed E-state index contributed by atoms with van der Waals surface area (Å²) >= 11 is 0. The molecular weight excluding hydrogens is 329 g/mol. The van der Waals surface area contributed by atoms with Gasteiger partial charge in [-0.05, 0) is 28.4 Å². The summed E-state index contributed by atoms with van der Waals surface area (Å²) in [4.78, 5) is 0. The third-order valence-corrected chi connectivity index (χ3v) is 10.2. The first-order valence-corrected chi connectivity index (χ1v) is 11.0. The van der Waals surface area contributed by atoms with Crippen LogP contribution in [0.25, 0.3) is 0 Å². The van der Waals surface area contributed by atoms with Gasteiger partial charge in [0.05, 0.1) is 6.10 Å². The first-order chi connectivity index (χ1) is 11.9. The Morgan fingerprint density at radius 1 is 0.960 bits per heavy atom. The quantitative estimate of drug-likeness (QED) is 0.848. The lowest BCUT2D eigenvalue weighted by molar-refractivity contribution is 0.0651. The van der Waals surface area contributed by atoms with Crippen molar-refractivity contribution in [2.45, 2.75) is 44.5 Å². The summed E-state index contributed by atoms with van der Waals surface area (Å²) < 4.78 is 21.5. The molecule has 0 aromatic heterocycles. The number of hydrogen-bond acceptors (Lipinski definition) is 2. The molecular formula is C21H28FNOSi. The minimum absolute atomic E-state index is 0.111. The molecule has 1 saturated heterocycles. The molecule has 0 radical (unpaired) electrons. The highest BCUT2D eigenvalue weighted by molar-refractivity contribution is 6.99. The highest BCUT2D eigenvalue weighted by Crippen LogP contribution is 2.38. The van der Waals surface area contributed by atoms with Crippen molar-refractivity contribution in [2.75, 3.05) is 13.1 Å². The van der Waals surface area contributed by atoms with Gasteiger partial charge in [-0.2, -0.15) is 0 Å². The molecule has 1 aliphatic rings. The predicted molar refractivity (Wildman–Crippen MR) is 105 cm³/mol. The lowest BCUT2D eigenvalue weighted by Gasteiger charge is -2.46. The molecule has 1 heterocycles. The number of alkyl halides is 1. The second kappa shape index (κ2) is 7.40. The van der Waals surface area contributed by atoms with Crippen LogP contribution in [0.2, 0.25) is 5.04 Å². The van der Waals surface area contributed by atoms with E-state index in [1.807, 2.05) is 12.1 Å². The van der Waals surface area contributed by atoms with E-state index in [0.29, 0.717) is 13.0 Å². The Morgan fingerprint density at radius 2 is 1.48 bits per heavy atom. The fourth-order valence-electron chi connectivity index (χ4n) is 3.85. The van der Waals surface area contributed by atoms with Crippen LogP contribution in [-0.2, 0) is 4.43 Å². The first-order valence-electron chi connectivity index (χ1n) is 9.09. The second-order valence-corrected chi connectivity index (χ2v) is 12.1. The number of nitrogens with one attached hydrogen (secondary N) is 1. The van der Waals surface area contributed by atoms with Crippen LogP contribution in [0.3, 0.4) is 0 Å². The molecule has 2 atom stereocenters. The van der Waals surface area contributed by atoms with Crippen LogP contribution in [0.1, 0.15) is 27.2 Å². The van der Waals surface area contributed by atoms with Crippen LogP contribution in [0.15, 0.2) is 60.7 Å². The number of halogens is 1. The number of piperidine rings is 1. The van der Waals surface area contributed by atoms with Crippen molar-refractivity contribution in [2.24, 2.45) is 0 Å². The van der Waals surface area contributed by atoms with E-state index in [9.17, 15) is 4.39 Å². The largest absolute Gasteiger partial charge is 0.401 e. The van der Waals surface area contributed by atoms with E-state index in [1.54, 1.807) is 0 Å². The van der Waals surface area contributed by atoms with Gasteiger partial charge >= 0.3 is 0 Å². The van der Waals surface area contributed by atoms with E-state index in [-0.39, 0.29) is 11.1 Å². The van der Waals surface area contributed by atoms with E-state index >= 15 is 0 Å². The van der Waals surface area contributed by atoms with Gasteiger partial charge < -0.3 is 9.74 Å². The molecule has 134 valence electrons. The Kier molecular flexibility index (Phi) is 5.42. The third kappa shape index (κ3) is 3.57. The van der Waals surface area contributed by atoms with Gasteiger partial charge in [0, 0.05) is 6.54 Å². The zero-order valence-corrected chi connectivity index (χ0v) is 16.3. The van der Waals surface area contributed by atoms with E-state index in [4.69, 9.17) is 4.43 Å². The number of rotatable bonds is 4. The Balaban J connectivity index is 2.15. The van der Waals surface area contributed by atoms with Gasteiger partial charge in [-0.15, -0.1) is 0 Å². The smallest absolute Gasteiger partial charge is 0.261 e. The third-order valence-electron chi connectivity index (χ3n) is 5.09. The molecule has 1 N–H and O–H groups in total. The number of benzene rings is 2. The van der Waals surface area contributed by atoms with Crippen LogP contribution < -0.4 is 15.7 Å². The van der Waals surface area contributed by atoms with Crippen molar-refractivity contribution in [3.05, 3.63) is 60.7 Å². The Labute approximate surface area is 151 Å². The molecule has 0 unspecified atom stereocenters. The van der Waals surface area contributed by atoms with Gasteiger partial charge in [-0.3, -0.25) is 0 Å². The Bertz CT molecular complexity index is 632. The van der Waals surface area contributed by atoms with Crippen molar-refractivity contribution in [1.82, 2.24) is 5.32 Å². The van der Waals surface area contributed by atoms with E-state index in [0.717, 1.165) is 6.54 Å². The summed E-state index contributed by atoms with van der Waals surface area (Å²) in [5.74, 6) is 0. The molecule has 0 aliphatic carbocycles. The predicted octanol–water partition coefficient (Wildman–Crippen LogP) is 3.26. The van der Waals surface area contributed by atoms with Crippen molar-refractivity contribution in [3.63, 3.8) is 0 Å². The van der Waals surface area contributed by atoms with Crippen LogP contribution in [0.4, 0.5) is 4.39 Å². The fraction of sp³-hybridized carbons (Fsp3) is 0.429. The first kappa shape index (κ1) is 18.3. The minimum atomic E-state index is -2.65. The summed E-state index contributed by atoms with van der Waals surface area (Å²) in [5.41, 5.74) is 0. The molecule has 25 heavy (non-hydrogen) atoms. The molecule has 2 aromatic rings. The summed E-state index contributed by atoms with van der Waals surface area (Å²) in [5, 5.41) is 5.43. The van der Waals surface area contributed by atoms with E-state index < -0.39 is 14.5 Å². The maximum atomic E-state index is 14.6. The zero-order valence-electron chi connectivity index (χ0n) is 15.3. The lowest BCUT2D eigenvalue weighted by atomic mass is 10.1. The van der Waals surface area contributed by atoms with Crippen LogP contribution >= 0.6 is 0 Å². The average Bonchev–Trinajstić information content (AvgIpc) is 2.61. The van der Waals surface area contributed by atoms with Gasteiger partial charge in [-0.25, -0.2) is 4.39 Å². The lowest BCUT2D eigenvalue weighted by Crippen LogP contribution is -2.69. The molecule has 1 fully saturated rings. The minimum Gasteiger partial charge on any atom is -0.401 e. The van der Waals surface area contributed by atoms with Gasteiger partial charge in [0.2, 0.25) is 0 Å².